The molecule has 9 aromatic rings. The Balaban J connectivity index is 1.16. The molecule has 1 aliphatic heterocycles. The van der Waals surface area contributed by atoms with Crippen LogP contribution in [0, 0.1) is 10.7 Å². The van der Waals surface area contributed by atoms with E-state index in [0.29, 0.717) is 17.6 Å². The number of benzene rings is 7. The van der Waals surface area contributed by atoms with E-state index in [0.717, 1.165) is 32.9 Å². The number of hydrogen-bond acceptors (Lipinski definition) is 3. The molecule has 10 rings (SSSR count). The molecule has 0 amide bonds. The first-order chi connectivity index (χ1) is 25.2. The van der Waals surface area contributed by atoms with Crippen LogP contribution in [0.4, 0.5) is 0 Å². The van der Waals surface area contributed by atoms with Crippen LogP contribution in [-0.4, -0.2) is 24.0 Å². The van der Waals surface area contributed by atoms with Gasteiger partial charge in [-0.25, -0.2) is 4.98 Å². The van der Waals surface area contributed by atoms with Gasteiger partial charge in [-0.1, -0.05) is 60.7 Å². The molecule has 0 aliphatic carbocycles. The molecule has 1 atom stereocenters. The second kappa shape index (κ2) is 11.8. The van der Waals surface area contributed by atoms with Crippen LogP contribution in [0.2, 0.25) is 0 Å². The fourth-order valence-corrected chi connectivity index (χ4v) is 15.5. The summed E-state index contributed by atoms with van der Waals surface area (Å²) in [6.45, 7) is 0. The Hall–Kier alpha value is -6.05. The van der Waals surface area contributed by atoms with Gasteiger partial charge in [-0.05, 0) is 0 Å². The van der Waals surface area contributed by atoms with Gasteiger partial charge < -0.3 is 0 Å². The Morgan fingerprint density at radius 3 is 1.69 bits per heavy atom. The Morgan fingerprint density at radius 2 is 0.961 bits per heavy atom. The van der Waals surface area contributed by atoms with Crippen molar-refractivity contribution in [2.45, 2.75) is 0 Å². The zero-order valence-electron chi connectivity index (χ0n) is 27.6. The zero-order valence-corrected chi connectivity index (χ0v) is 29.8. The van der Waals surface area contributed by atoms with Gasteiger partial charge in [-0.3, -0.25) is 0 Å². The predicted octanol–water partition coefficient (Wildman–Crippen LogP) is 11.3. The second-order valence-corrected chi connectivity index (χ2v) is 20.2. The van der Waals surface area contributed by atoms with Crippen molar-refractivity contribution in [1.29, 1.82) is 0 Å². The van der Waals surface area contributed by atoms with Gasteiger partial charge in [0.25, 0.3) is 0 Å². The summed E-state index contributed by atoms with van der Waals surface area (Å²) >= 11 is -2.94. The number of rotatable bonds is 5. The molecule has 0 bridgehead atoms. The van der Waals surface area contributed by atoms with Crippen molar-refractivity contribution in [2.24, 2.45) is 0 Å². The Bertz CT molecular complexity index is 2770. The molecule has 3 heterocycles. The molecule has 0 spiro atoms. The summed E-state index contributed by atoms with van der Waals surface area (Å²) < 4.78 is 11.4. The first-order valence-electron chi connectivity index (χ1n) is 17.0. The van der Waals surface area contributed by atoms with Crippen LogP contribution >= 0.6 is 18.0 Å². The van der Waals surface area contributed by atoms with Crippen LogP contribution in [-0.2, 0) is 0 Å². The van der Waals surface area contributed by atoms with Crippen LogP contribution in [0.3, 0.4) is 0 Å². The van der Waals surface area contributed by atoms with Crippen molar-refractivity contribution < 1.29 is 0 Å². The quantitative estimate of drug-likeness (QED) is 0.164. The van der Waals surface area contributed by atoms with Crippen molar-refractivity contribution in [3.05, 3.63) is 187 Å². The molecule has 242 valence electrons. The minimum absolute atomic E-state index is 0.593. The van der Waals surface area contributed by atoms with Gasteiger partial charge in [0.05, 0.1) is 0 Å². The number of para-hydroxylation sites is 1. The molecule has 2 aromatic heterocycles. The number of nitrogens with zero attached hydrogens (tertiary/aromatic N) is 4. The molecule has 7 aromatic carbocycles. The average molecular weight is 767 g/mol. The Morgan fingerprint density at radius 1 is 0.412 bits per heavy atom. The van der Waals surface area contributed by atoms with E-state index in [1.807, 2.05) is 60.7 Å². The van der Waals surface area contributed by atoms with Crippen molar-refractivity contribution in [3.63, 3.8) is 0 Å². The molecule has 1 aliphatic rings. The van der Waals surface area contributed by atoms with Crippen molar-refractivity contribution in [1.82, 2.24) is 19.5 Å². The molecule has 0 N–H and O–H groups in total. The maximum absolute atomic E-state index is 5.09. The molecular formula is C46H31IN4. The molecule has 4 nitrogen and oxygen atoms in total. The monoisotopic (exact) mass is 766 g/mol. The van der Waals surface area contributed by atoms with Gasteiger partial charge in [-0.15, -0.1) is 0 Å². The van der Waals surface area contributed by atoms with Crippen LogP contribution in [0.25, 0.3) is 72.8 Å². The van der Waals surface area contributed by atoms with E-state index >= 15 is 0 Å². The number of aromatic nitrogens is 4. The molecule has 0 saturated heterocycles. The van der Waals surface area contributed by atoms with Gasteiger partial charge in [0.15, 0.2) is 0 Å². The van der Waals surface area contributed by atoms with E-state index in [1.165, 1.54) is 33.0 Å². The van der Waals surface area contributed by atoms with E-state index in [2.05, 4.69) is 120 Å². The normalized spacial score (nSPS) is 16.1. The van der Waals surface area contributed by atoms with Crippen LogP contribution in [0.15, 0.2) is 176 Å². The minimum atomic E-state index is -2.94. The van der Waals surface area contributed by atoms with E-state index < -0.39 is 18.0 Å². The number of hydrogen-bond donors (Lipinski definition) is 0. The summed E-state index contributed by atoms with van der Waals surface area (Å²) in [7, 11) is 0. The van der Waals surface area contributed by atoms with Gasteiger partial charge in [-0.2, -0.15) is 0 Å². The van der Waals surface area contributed by atoms with Gasteiger partial charge in [0, 0.05) is 11.1 Å². The zero-order chi connectivity index (χ0) is 33.9. The summed E-state index contributed by atoms with van der Waals surface area (Å²) in [6, 6.07) is 62.4. The fourth-order valence-electron chi connectivity index (χ4n) is 7.39. The third-order valence-corrected chi connectivity index (χ3v) is 18.5. The summed E-state index contributed by atoms with van der Waals surface area (Å²) in [6.07, 6.45) is 0. The van der Waals surface area contributed by atoms with Crippen molar-refractivity contribution in [2.75, 3.05) is 0 Å². The first kappa shape index (κ1) is 29.8. The molecule has 0 fully saturated rings. The van der Waals surface area contributed by atoms with Gasteiger partial charge in [0.2, 0.25) is 0 Å². The molecule has 0 saturated carbocycles. The van der Waals surface area contributed by atoms with Gasteiger partial charge >= 0.3 is 225 Å². The Kier molecular flexibility index (Phi) is 6.89. The standard InChI is InChI=1S/C46H31IN4/c1-47(35-19-9-4-10-20-35)40-23-13-11-21-36(40)38-29-33(25-27-41(38)47)34-26-28-43-39(30-34)37-22-12-14-24-42(37)51(43)46-49-44(31-15-5-2-6-16-31)48-45(50-46)32-17-7-3-8-18-32/h2-30H,1H2. The SMILES string of the molecule is C=I1(c2ccccc2)c2ccccc2-c2cc(-c3ccc4c(c3)c3ccccc3n4-c3nc(-c4ccccc4)nc(-c4ccccc4)n3)ccc21. The molecular weight excluding hydrogens is 735 g/mol. The average Bonchev–Trinajstić information content (AvgIpc) is 3.68. The van der Waals surface area contributed by atoms with Crippen LogP contribution < -0.4 is 0 Å². The Labute approximate surface area is 299 Å². The summed E-state index contributed by atoms with van der Waals surface area (Å²) in [4.78, 5) is 15.1. The number of halogens is 1. The van der Waals surface area contributed by atoms with E-state index in [4.69, 9.17) is 19.5 Å². The van der Waals surface area contributed by atoms with E-state index in [-0.39, 0.29) is 0 Å². The van der Waals surface area contributed by atoms with Crippen molar-refractivity contribution in [3.8, 4) is 51.0 Å². The second-order valence-electron chi connectivity index (χ2n) is 12.8. The summed E-state index contributed by atoms with van der Waals surface area (Å²) in [5.74, 6) is 1.87. The van der Waals surface area contributed by atoms with Gasteiger partial charge in [0.1, 0.15) is 0 Å². The van der Waals surface area contributed by atoms with Crippen molar-refractivity contribution >= 4 is 44.3 Å². The maximum atomic E-state index is 5.09. The third kappa shape index (κ3) is 4.72. The molecule has 0 radical (unpaired) electrons. The van der Waals surface area contributed by atoms with E-state index in [9.17, 15) is 0 Å². The number of fused-ring (bicyclic) bond motifs is 6. The topological polar surface area (TPSA) is 43.6 Å². The van der Waals surface area contributed by atoms with Crippen LogP contribution in [0.1, 0.15) is 0 Å². The summed E-state index contributed by atoms with van der Waals surface area (Å²) in [5.41, 5.74) is 8.99. The fraction of sp³-hybridized carbons (Fsp3) is 0. The predicted molar refractivity (Wildman–Crippen MR) is 220 cm³/mol. The molecule has 51 heavy (non-hydrogen) atoms. The first-order valence-corrected chi connectivity index (χ1v) is 21.7. The van der Waals surface area contributed by atoms with Crippen LogP contribution in [0.5, 0.6) is 0 Å². The summed E-state index contributed by atoms with van der Waals surface area (Å²) in [5, 5.41) is 2.30. The molecule has 5 heteroatoms. The van der Waals surface area contributed by atoms with E-state index in [1.54, 1.807) is 0 Å². The molecule has 1 unspecified atom stereocenters. The third-order valence-electron chi connectivity index (χ3n) is 9.82.